The Hall–Kier alpha value is -2.31. The molecule has 1 fully saturated rings. The zero-order valence-corrected chi connectivity index (χ0v) is 28.6. The SMILES string of the molecule is CC[C@H]1OC(=O)CC[C@H](C)[C@@H](OC2OC(C)CC(N(C)C)C2O)[C@@H](CC(OC)OC)C[C@@H](C)C(=O)/C=C/C(C)=C/[C@@H]1CN=[N+]=[N-]. The summed E-state index contributed by atoms with van der Waals surface area (Å²) in [5, 5.41) is 15.1. The molecule has 0 radical (unpaired) electrons. The van der Waals surface area contributed by atoms with Crippen LogP contribution in [0.1, 0.15) is 73.1 Å². The second-order valence-electron chi connectivity index (χ2n) is 12.9. The lowest BCUT2D eigenvalue weighted by Crippen LogP contribution is -2.56. The van der Waals surface area contributed by atoms with Crippen LogP contribution >= 0.6 is 0 Å². The summed E-state index contributed by atoms with van der Waals surface area (Å²) < 4.78 is 29.9. The molecule has 45 heavy (non-hydrogen) atoms. The number of allylic oxidation sites excluding steroid dienone is 3. The van der Waals surface area contributed by atoms with Crippen molar-refractivity contribution >= 4 is 11.8 Å². The minimum absolute atomic E-state index is 0.0436. The van der Waals surface area contributed by atoms with Gasteiger partial charge in [0.05, 0.1) is 12.2 Å². The first-order valence-electron chi connectivity index (χ1n) is 16.2. The molecular formula is C33H56N4O8. The van der Waals surface area contributed by atoms with E-state index in [2.05, 4.69) is 10.0 Å². The van der Waals surface area contributed by atoms with Gasteiger partial charge in [-0.25, -0.2) is 0 Å². The van der Waals surface area contributed by atoms with Crippen LogP contribution in [0.15, 0.2) is 28.9 Å². The number of azide groups is 1. The Labute approximate surface area is 269 Å². The molecule has 0 aliphatic carbocycles. The van der Waals surface area contributed by atoms with Gasteiger partial charge in [0.25, 0.3) is 0 Å². The van der Waals surface area contributed by atoms with Gasteiger partial charge in [0, 0.05) is 56.4 Å². The van der Waals surface area contributed by atoms with E-state index in [0.717, 1.165) is 5.57 Å². The number of aliphatic hydroxyl groups is 1. The van der Waals surface area contributed by atoms with Gasteiger partial charge >= 0.3 is 5.97 Å². The molecule has 0 amide bonds. The predicted octanol–water partition coefficient (Wildman–Crippen LogP) is 5.20. The summed E-state index contributed by atoms with van der Waals surface area (Å²) in [5.41, 5.74) is 9.74. The molecule has 12 heteroatoms. The van der Waals surface area contributed by atoms with Crippen LogP contribution in [0, 0.1) is 23.7 Å². The quantitative estimate of drug-likeness (QED) is 0.112. The number of carbonyl (C=O) groups is 2. The van der Waals surface area contributed by atoms with Gasteiger partial charge in [-0.05, 0) is 77.1 Å². The average molecular weight is 637 g/mol. The van der Waals surface area contributed by atoms with Gasteiger partial charge in [-0.1, -0.05) is 43.6 Å². The number of esters is 1. The third-order valence-electron chi connectivity index (χ3n) is 9.07. The second kappa shape index (κ2) is 19.4. The minimum atomic E-state index is -0.901. The second-order valence-corrected chi connectivity index (χ2v) is 12.9. The van der Waals surface area contributed by atoms with Gasteiger partial charge in [-0.2, -0.15) is 0 Å². The van der Waals surface area contributed by atoms with E-state index in [1.54, 1.807) is 26.4 Å². The zero-order valence-electron chi connectivity index (χ0n) is 28.6. The molecular weight excluding hydrogens is 580 g/mol. The summed E-state index contributed by atoms with van der Waals surface area (Å²) in [6.07, 6.45) is 4.37. The fourth-order valence-electron chi connectivity index (χ4n) is 6.38. The molecule has 0 spiro atoms. The Balaban J connectivity index is 2.54. The van der Waals surface area contributed by atoms with E-state index in [4.69, 9.17) is 29.2 Å². The molecule has 1 N–H and O–H groups in total. The fourth-order valence-corrected chi connectivity index (χ4v) is 6.38. The maximum Gasteiger partial charge on any atom is 0.306 e. The van der Waals surface area contributed by atoms with Crippen molar-refractivity contribution in [1.29, 1.82) is 0 Å². The molecule has 2 rings (SSSR count). The summed E-state index contributed by atoms with van der Waals surface area (Å²) in [5.74, 6) is -1.52. The Bertz CT molecular complexity index is 1040. The van der Waals surface area contributed by atoms with E-state index >= 15 is 0 Å². The van der Waals surface area contributed by atoms with Crippen molar-refractivity contribution in [2.45, 2.75) is 116 Å². The first-order valence-corrected chi connectivity index (χ1v) is 16.2. The first kappa shape index (κ1) is 38.9. The molecule has 256 valence electrons. The highest BCUT2D eigenvalue weighted by atomic mass is 16.7. The van der Waals surface area contributed by atoms with Crippen molar-refractivity contribution in [2.75, 3.05) is 34.9 Å². The summed E-state index contributed by atoms with van der Waals surface area (Å²) in [6, 6.07) is -0.161. The number of carbonyl (C=O) groups excluding carboxylic acids is 2. The summed E-state index contributed by atoms with van der Waals surface area (Å²) in [6.45, 7) is 9.77. The molecule has 0 aromatic carbocycles. The van der Waals surface area contributed by atoms with Crippen molar-refractivity contribution in [2.24, 2.45) is 28.8 Å². The van der Waals surface area contributed by atoms with Crippen LogP contribution in [-0.2, 0) is 33.3 Å². The largest absolute Gasteiger partial charge is 0.462 e. The lowest BCUT2D eigenvalue weighted by Gasteiger charge is -2.44. The van der Waals surface area contributed by atoms with Crippen LogP contribution in [0.2, 0.25) is 0 Å². The highest BCUT2D eigenvalue weighted by Crippen LogP contribution is 2.35. The molecule has 0 aromatic heterocycles. The number of ketones is 1. The van der Waals surface area contributed by atoms with Crippen LogP contribution < -0.4 is 0 Å². The zero-order chi connectivity index (χ0) is 33.7. The molecule has 4 unspecified atom stereocenters. The van der Waals surface area contributed by atoms with E-state index in [9.17, 15) is 14.7 Å². The third kappa shape index (κ3) is 12.1. The molecule has 0 bridgehead atoms. The summed E-state index contributed by atoms with van der Waals surface area (Å²) in [7, 11) is 6.99. The van der Waals surface area contributed by atoms with Crippen molar-refractivity contribution in [3.05, 3.63) is 34.2 Å². The van der Waals surface area contributed by atoms with Crippen LogP contribution in [0.5, 0.6) is 0 Å². The first-order chi connectivity index (χ1) is 21.3. The van der Waals surface area contributed by atoms with Crippen molar-refractivity contribution in [1.82, 2.24) is 4.90 Å². The number of methoxy groups -OCH3 is 2. The monoisotopic (exact) mass is 636 g/mol. The maximum absolute atomic E-state index is 13.4. The summed E-state index contributed by atoms with van der Waals surface area (Å²) >= 11 is 0. The topological polar surface area (TPSA) is 153 Å². The van der Waals surface area contributed by atoms with E-state index in [1.165, 1.54) is 0 Å². The highest BCUT2D eigenvalue weighted by molar-refractivity contribution is 5.91. The number of nitrogens with zero attached hydrogens (tertiary/aromatic N) is 4. The number of hydrogen-bond acceptors (Lipinski definition) is 10. The van der Waals surface area contributed by atoms with Crippen molar-refractivity contribution in [3.8, 4) is 0 Å². The van der Waals surface area contributed by atoms with Crippen LogP contribution in [0.25, 0.3) is 10.4 Å². The highest BCUT2D eigenvalue weighted by Gasteiger charge is 2.42. The normalized spacial score (nSPS) is 36.2. The number of hydrogen-bond donors (Lipinski definition) is 1. The van der Waals surface area contributed by atoms with E-state index in [1.807, 2.05) is 59.7 Å². The number of ether oxygens (including phenoxy) is 5. The van der Waals surface area contributed by atoms with Crippen molar-refractivity contribution < 1.29 is 38.4 Å². The molecule has 2 aliphatic rings. The summed E-state index contributed by atoms with van der Waals surface area (Å²) in [4.78, 5) is 31.5. The van der Waals surface area contributed by atoms with E-state index in [-0.39, 0.29) is 60.5 Å². The number of cyclic esters (lactones) is 1. The van der Waals surface area contributed by atoms with Crippen LogP contribution in [0.4, 0.5) is 0 Å². The van der Waals surface area contributed by atoms with Crippen molar-refractivity contribution in [3.63, 3.8) is 0 Å². The smallest absolute Gasteiger partial charge is 0.306 e. The Morgan fingerprint density at radius 2 is 1.84 bits per heavy atom. The number of rotatable bonds is 10. The Kier molecular flexibility index (Phi) is 16.7. The van der Waals surface area contributed by atoms with Gasteiger partial charge in [0.2, 0.25) is 0 Å². The number of aliphatic hydroxyl groups excluding tert-OH is 1. The van der Waals surface area contributed by atoms with Gasteiger partial charge in [0.1, 0.15) is 12.2 Å². The fraction of sp³-hybridized carbons (Fsp3) is 0.818. The molecule has 10 atom stereocenters. The molecule has 12 nitrogen and oxygen atoms in total. The van der Waals surface area contributed by atoms with Crippen LogP contribution in [-0.4, -0.2) is 99.7 Å². The average Bonchev–Trinajstić information content (AvgIpc) is 3.01. The van der Waals surface area contributed by atoms with Crippen LogP contribution in [0.3, 0.4) is 0 Å². The third-order valence-corrected chi connectivity index (χ3v) is 9.07. The standard InChI is InChI=1S/C33H56N4O8/c1-10-28-25(19-35-36-34)15-20(2)11-13-27(38)22(4)16-24(18-30(41-8)42-9)32(21(3)12-14-29(39)44-28)45-33-31(40)26(37(6)7)17-23(5)43-33/h11,13,15,21-26,28,30-33,40H,10,12,14,16-19H2,1-9H3/b13-11+,20-15+/t21-,22+,23?,24+,25+,26?,28+,31?,32+,33?/m0/s1. The number of likely N-dealkylation sites (N-methyl/N-ethyl adjacent to an activating group) is 1. The molecule has 0 saturated carbocycles. The molecule has 0 aromatic rings. The Morgan fingerprint density at radius 3 is 2.44 bits per heavy atom. The molecule has 1 saturated heterocycles. The molecule has 2 aliphatic heterocycles. The van der Waals surface area contributed by atoms with Gasteiger partial charge in [-0.3, -0.25) is 9.59 Å². The minimum Gasteiger partial charge on any atom is -0.462 e. The lowest BCUT2D eigenvalue weighted by molar-refractivity contribution is -0.282. The van der Waals surface area contributed by atoms with E-state index in [0.29, 0.717) is 32.1 Å². The predicted molar refractivity (Wildman–Crippen MR) is 171 cm³/mol. The molecule has 2 heterocycles. The van der Waals surface area contributed by atoms with Gasteiger partial charge in [0.15, 0.2) is 18.4 Å². The Morgan fingerprint density at radius 1 is 1.16 bits per heavy atom. The van der Waals surface area contributed by atoms with Gasteiger partial charge < -0.3 is 33.7 Å². The van der Waals surface area contributed by atoms with Gasteiger partial charge in [-0.15, -0.1) is 0 Å². The lowest BCUT2D eigenvalue weighted by atomic mass is 9.80. The van der Waals surface area contributed by atoms with E-state index < -0.39 is 30.9 Å². The maximum atomic E-state index is 13.4.